The van der Waals surface area contributed by atoms with Gasteiger partial charge in [0, 0.05) is 29.6 Å². The molecule has 1 aliphatic rings. The number of hydrogen-bond donors (Lipinski definition) is 4. The maximum absolute atomic E-state index is 11.5. The molecule has 0 saturated carbocycles. The van der Waals surface area contributed by atoms with Gasteiger partial charge in [-0.2, -0.15) is 4.31 Å². The molecule has 1 saturated heterocycles. The van der Waals surface area contributed by atoms with Gasteiger partial charge in [-0.25, -0.2) is 19.1 Å². The van der Waals surface area contributed by atoms with Crippen molar-refractivity contribution in [1.82, 2.24) is 14.9 Å². The van der Waals surface area contributed by atoms with Crippen LogP contribution in [0, 0.1) is 6.92 Å². The van der Waals surface area contributed by atoms with E-state index in [4.69, 9.17) is 15.5 Å². The number of anilines is 1. The monoisotopic (exact) mass is 442 g/mol. The Balaban J connectivity index is 1.91. The van der Waals surface area contributed by atoms with Crippen LogP contribution in [0.2, 0.25) is 0 Å². The zero-order chi connectivity index (χ0) is 20.4. The van der Waals surface area contributed by atoms with Gasteiger partial charge in [0.1, 0.15) is 11.6 Å². The summed E-state index contributed by atoms with van der Waals surface area (Å²) in [4.78, 5) is 37.1. The van der Waals surface area contributed by atoms with Crippen LogP contribution in [0.5, 0.6) is 0 Å². The summed E-state index contributed by atoms with van der Waals surface area (Å²) in [5.41, 5.74) is 6.79. The number of phosphoric ester groups is 1. The minimum atomic E-state index is -5.11. The first-order valence-electron chi connectivity index (χ1n) is 8.11. The molecule has 1 fully saturated rings. The van der Waals surface area contributed by atoms with Crippen LogP contribution in [-0.2, 0) is 24.5 Å². The largest absolute Gasteiger partial charge is 0.481 e. The Kier molecular flexibility index (Phi) is 7.46. The number of nitrogens with zero attached hydrogens (tertiary/aromatic N) is 3. The molecule has 1 unspecified atom stereocenters. The fraction of sp³-hybridized carbons (Fsp3) is 0.692. The van der Waals surface area contributed by atoms with E-state index in [0.717, 1.165) is 5.56 Å². The second-order valence-corrected chi connectivity index (χ2v) is 10.6. The van der Waals surface area contributed by atoms with Gasteiger partial charge in [0.15, 0.2) is 0 Å². The van der Waals surface area contributed by atoms with Gasteiger partial charge < -0.3 is 20.4 Å². The van der Waals surface area contributed by atoms with Gasteiger partial charge >= 0.3 is 15.6 Å². The number of thioether (sulfide) groups is 1. The maximum atomic E-state index is 11.5. The third-order valence-electron chi connectivity index (χ3n) is 4.14. The number of nitrogens with two attached hydrogens (primary N) is 1. The molecular weight excluding hydrogens is 418 g/mol. The Hall–Kier alpha value is -0.550. The lowest BCUT2D eigenvalue weighted by molar-refractivity contribution is 0.166. The van der Waals surface area contributed by atoms with Gasteiger partial charge in [0.05, 0.1) is 12.0 Å². The molecule has 0 aromatic carbocycles. The predicted molar refractivity (Wildman–Crippen MR) is 101 cm³/mol. The van der Waals surface area contributed by atoms with Gasteiger partial charge in [-0.1, -0.05) is 0 Å². The van der Waals surface area contributed by atoms with Crippen molar-refractivity contribution in [1.29, 1.82) is 0 Å². The van der Waals surface area contributed by atoms with Crippen LogP contribution < -0.4 is 5.73 Å². The van der Waals surface area contributed by atoms with Crippen molar-refractivity contribution in [2.24, 2.45) is 0 Å². The summed E-state index contributed by atoms with van der Waals surface area (Å²) < 4.78 is 30.6. The van der Waals surface area contributed by atoms with E-state index in [1.54, 1.807) is 24.9 Å². The van der Waals surface area contributed by atoms with Crippen molar-refractivity contribution in [3.8, 4) is 0 Å². The van der Waals surface area contributed by atoms with Crippen LogP contribution in [0.15, 0.2) is 6.20 Å². The predicted octanol–water partition coefficient (Wildman–Crippen LogP) is 1.64. The number of aryl methyl sites for hydroxylation is 1. The molecule has 0 bridgehead atoms. The molecule has 11 nitrogen and oxygen atoms in total. The van der Waals surface area contributed by atoms with Crippen molar-refractivity contribution >= 4 is 33.2 Å². The van der Waals surface area contributed by atoms with Crippen molar-refractivity contribution in [2.45, 2.75) is 50.4 Å². The van der Waals surface area contributed by atoms with Crippen LogP contribution in [0.1, 0.15) is 31.7 Å². The van der Waals surface area contributed by atoms with Crippen LogP contribution in [0.3, 0.4) is 0 Å². The van der Waals surface area contributed by atoms with Crippen LogP contribution in [0.25, 0.3) is 0 Å². The summed E-state index contributed by atoms with van der Waals surface area (Å²) in [7, 11) is -9.91. The highest BCUT2D eigenvalue weighted by atomic mass is 32.2. The molecule has 154 valence electrons. The van der Waals surface area contributed by atoms with E-state index >= 15 is 0 Å². The van der Waals surface area contributed by atoms with Gasteiger partial charge in [-0.3, -0.25) is 9.42 Å². The van der Waals surface area contributed by atoms with Crippen LogP contribution in [-0.4, -0.2) is 52.8 Å². The van der Waals surface area contributed by atoms with E-state index in [1.807, 2.05) is 13.8 Å². The summed E-state index contributed by atoms with van der Waals surface area (Å²) in [5.74, 6) is 1.05. The highest BCUT2D eigenvalue weighted by Crippen LogP contribution is 2.57. The third kappa shape index (κ3) is 6.77. The first-order chi connectivity index (χ1) is 12.4. The summed E-state index contributed by atoms with van der Waals surface area (Å²) in [6.45, 7) is 6.23. The lowest BCUT2D eigenvalue weighted by Crippen LogP contribution is -2.35. The summed E-state index contributed by atoms with van der Waals surface area (Å²) >= 11 is 1.67. The molecule has 5 N–H and O–H groups in total. The molecule has 0 spiro atoms. The minimum Gasteiger partial charge on any atom is -0.383 e. The highest BCUT2D eigenvalue weighted by molar-refractivity contribution is 8.00. The molecule has 0 aliphatic carbocycles. The molecule has 1 aromatic rings. The maximum Gasteiger partial charge on any atom is 0.481 e. The van der Waals surface area contributed by atoms with Crippen LogP contribution >= 0.6 is 27.4 Å². The Morgan fingerprint density at radius 3 is 2.59 bits per heavy atom. The summed E-state index contributed by atoms with van der Waals surface area (Å²) in [6, 6.07) is 0.107. The average molecular weight is 442 g/mol. The molecule has 14 heteroatoms. The number of hydrogen-bond acceptors (Lipinski definition) is 9. The van der Waals surface area contributed by atoms with E-state index in [2.05, 4.69) is 23.7 Å². The molecular formula is C13H24N4O7P2S. The lowest BCUT2D eigenvalue weighted by Gasteiger charge is -2.26. The molecule has 1 aromatic heterocycles. The summed E-state index contributed by atoms with van der Waals surface area (Å²) in [5, 5.41) is 0.251. The van der Waals surface area contributed by atoms with Crippen molar-refractivity contribution < 1.29 is 32.6 Å². The van der Waals surface area contributed by atoms with Crippen LogP contribution in [0.4, 0.5) is 5.82 Å². The molecule has 1 aliphatic heterocycles. The molecule has 4 atom stereocenters. The Bertz CT molecular complexity index is 764. The van der Waals surface area contributed by atoms with Crippen molar-refractivity contribution in [3.05, 3.63) is 17.6 Å². The average Bonchev–Trinajstić information content (AvgIpc) is 2.74. The standard InChI is InChI=1S/C13H24N4O7P2S/c1-8-12(4-5-23-26(21,22)24-25(18,19)20)27-10(3)17(8)7-11-6-15-9(2)16-13(11)14/h6,8,10,12H,4-5,7H2,1-3H3,(H,21,22)(H2,14,15,16)(H2,18,19,20)/t8-,10-,12+/m0/s1. The molecule has 27 heavy (non-hydrogen) atoms. The topological polar surface area (TPSA) is 168 Å². The van der Waals surface area contributed by atoms with Gasteiger partial charge in [0.2, 0.25) is 0 Å². The fourth-order valence-electron chi connectivity index (χ4n) is 2.84. The second-order valence-electron chi connectivity index (χ2n) is 6.18. The Labute approximate surface area is 161 Å². The zero-order valence-electron chi connectivity index (χ0n) is 15.1. The normalized spacial score (nSPS) is 26.2. The van der Waals surface area contributed by atoms with Gasteiger partial charge in [-0.05, 0) is 27.2 Å². The number of phosphoric acid groups is 2. The molecule has 0 amide bonds. The highest BCUT2D eigenvalue weighted by Gasteiger charge is 2.38. The molecule has 0 radical (unpaired) electrons. The van der Waals surface area contributed by atoms with Crippen molar-refractivity contribution in [3.63, 3.8) is 0 Å². The van der Waals surface area contributed by atoms with E-state index in [-0.39, 0.29) is 23.3 Å². The quantitative estimate of drug-likeness (QED) is 0.430. The molecule has 2 rings (SSSR count). The van der Waals surface area contributed by atoms with E-state index < -0.39 is 15.6 Å². The number of aromatic nitrogens is 2. The minimum absolute atomic E-state index is 0.0858. The molecule has 2 heterocycles. The number of rotatable bonds is 8. The fourth-order valence-corrected chi connectivity index (χ4v) is 5.99. The zero-order valence-corrected chi connectivity index (χ0v) is 17.7. The SMILES string of the molecule is Cc1ncc(CN2[C@H](C)S[C@H](CCOP(=O)(O)OP(=O)(O)O)[C@@H]2C)c(N)n1. The van der Waals surface area contributed by atoms with Gasteiger partial charge in [-0.15, -0.1) is 11.8 Å². The van der Waals surface area contributed by atoms with Gasteiger partial charge in [0.25, 0.3) is 0 Å². The lowest BCUT2D eigenvalue weighted by atomic mass is 10.1. The van der Waals surface area contributed by atoms with Crippen molar-refractivity contribution in [2.75, 3.05) is 12.3 Å². The third-order valence-corrected chi connectivity index (χ3v) is 7.97. The summed E-state index contributed by atoms with van der Waals surface area (Å²) in [6.07, 6.45) is 2.11. The first kappa shape index (κ1) is 22.7. The second kappa shape index (κ2) is 8.86. The van der Waals surface area contributed by atoms with E-state index in [1.165, 1.54) is 0 Å². The number of nitrogen functional groups attached to an aromatic ring is 1. The van der Waals surface area contributed by atoms with E-state index in [0.29, 0.717) is 24.6 Å². The first-order valence-corrected chi connectivity index (χ1v) is 12.1. The Morgan fingerprint density at radius 2 is 2.00 bits per heavy atom. The smallest absolute Gasteiger partial charge is 0.383 e. The van der Waals surface area contributed by atoms with E-state index in [9.17, 15) is 14.0 Å². The Morgan fingerprint density at radius 1 is 1.33 bits per heavy atom.